The quantitative estimate of drug-likeness (QED) is 0.378. The number of anilines is 1. The summed E-state index contributed by atoms with van der Waals surface area (Å²) in [6.45, 7) is 2.31. The van der Waals surface area contributed by atoms with Gasteiger partial charge >= 0.3 is 5.97 Å². The van der Waals surface area contributed by atoms with E-state index in [1.807, 2.05) is 61.5 Å². The number of benzene rings is 2. The molecule has 158 valence electrons. The molecule has 2 aliphatic rings. The van der Waals surface area contributed by atoms with Gasteiger partial charge in [-0.05, 0) is 18.1 Å². The second-order valence-electron chi connectivity index (χ2n) is 7.08. The molecule has 1 fully saturated rings. The first kappa shape index (κ1) is 21.3. The van der Waals surface area contributed by atoms with Crippen LogP contribution in [0.1, 0.15) is 24.5 Å². The molecule has 0 aliphatic carbocycles. The molecule has 2 aromatic carbocycles. The van der Waals surface area contributed by atoms with Crippen molar-refractivity contribution in [3.63, 3.8) is 0 Å². The highest BCUT2D eigenvalue weighted by molar-refractivity contribution is 8.26. The maximum atomic E-state index is 13.4. The summed E-state index contributed by atoms with van der Waals surface area (Å²) in [6, 6.07) is 17.1. The van der Waals surface area contributed by atoms with Crippen LogP contribution in [0.15, 0.2) is 59.5 Å². The van der Waals surface area contributed by atoms with Gasteiger partial charge in [0.25, 0.3) is 11.8 Å². The first-order valence-electron chi connectivity index (χ1n) is 9.90. The second kappa shape index (κ2) is 9.03. The Morgan fingerprint density at radius 3 is 2.45 bits per heavy atom. The van der Waals surface area contributed by atoms with Crippen LogP contribution in [0.5, 0.6) is 0 Å². The van der Waals surface area contributed by atoms with Crippen LogP contribution in [0.4, 0.5) is 5.69 Å². The molecule has 1 saturated heterocycles. The molecule has 0 atom stereocenters. The van der Waals surface area contributed by atoms with Crippen molar-refractivity contribution in [1.82, 2.24) is 4.90 Å². The van der Waals surface area contributed by atoms with Crippen LogP contribution in [0.25, 0.3) is 5.57 Å². The molecule has 0 spiro atoms. The highest BCUT2D eigenvalue weighted by Crippen LogP contribution is 2.44. The highest BCUT2D eigenvalue weighted by atomic mass is 32.2. The Kier molecular flexibility index (Phi) is 6.20. The van der Waals surface area contributed by atoms with E-state index >= 15 is 0 Å². The minimum atomic E-state index is -0.520. The number of thiocarbonyl (C=S) groups is 1. The van der Waals surface area contributed by atoms with E-state index in [0.717, 1.165) is 23.0 Å². The third-order valence-corrected chi connectivity index (χ3v) is 6.39. The number of hydrogen-bond donors (Lipinski definition) is 0. The van der Waals surface area contributed by atoms with Crippen molar-refractivity contribution in [2.75, 3.05) is 18.1 Å². The molecule has 4 rings (SSSR count). The molecule has 0 unspecified atom stereocenters. The molecule has 2 amide bonds. The van der Waals surface area contributed by atoms with Crippen molar-refractivity contribution < 1.29 is 19.1 Å². The zero-order chi connectivity index (χ0) is 22.0. The zero-order valence-corrected chi connectivity index (χ0v) is 18.5. The van der Waals surface area contributed by atoms with Crippen LogP contribution in [0.3, 0.4) is 0 Å². The van der Waals surface area contributed by atoms with E-state index < -0.39 is 11.9 Å². The van der Waals surface area contributed by atoms with Gasteiger partial charge in [0.15, 0.2) is 0 Å². The van der Waals surface area contributed by atoms with E-state index in [1.54, 1.807) is 4.90 Å². The van der Waals surface area contributed by atoms with E-state index in [-0.39, 0.29) is 28.3 Å². The smallest absolute Gasteiger partial charge is 0.326 e. The Morgan fingerprint density at radius 2 is 1.71 bits per heavy atom. The van der Waals surface area contributed by atoms with Gasteiger partial charge in [0.05, 0.1) is 29.3 Å². The molecular formula is C23H20N2O4S2. The summed E-state index contributed by atoms with van der Waals surface area (Å²) in [4.78, 5) is 41.7. The Balaban J connectivity index is 1.67. The van der Waals surface area contributed by atoms with Crippen LogP contribution in [-0.2, 0) is 25.7 Å². The Morgan fingerprint density at radius 1 is 1.00 bits per heavy atom. The van der Waals surface area contributed by atoms with E-state index in [4.69, 9.17) is 17.0 Å². The predicted octanol–water partition coefficient (Wildman–Crippen LogP) is 3.76. The standard InChI is InChI=1S/C23H20N2O4S2/c1-2-12-29-18(26)14-25-22(28)20(31-23(25)30)19-16-10-6-7-11-17(16)24(21(19)27)13-15-8-4-3-5-9-15/h3-11H,2,12-14H2,1H3. The van der Waals surface area contributed by atoms with Gasteiger partial charge in [0, 0.05) is 5.56 Å². The van der Waals surface area contributed by atoms with Crippen molar-refractivity contribution in [3.05, 3.63) is 70.6 Å². The fourth-order valence-electron chi connectivity index (χ4n) is 3.50. The first-order valence-corrected chi connectivity index (χ1v) is 11.1. The molecule has 31 heavy (non-hydrogen) atoms. The minimum absolute atomic E-state index is 0.243. The van der Waals surface area contributed by atoms with E-state index in [0.29, 0.717) is 24.1 Å². The largest absolute Gasteiger partial charge is 0.464 e. The van der Waals surface area contributed by atoms with Crippen LogP contribution >= 0.6 is 24.0 Å². The summed E-state index contributed by atoms with van der Waals surface area (Å²) in [6.07, 6.45) is 0.691. The number of carbonyl (C=O) groups excluding carboxylic acids is 3. The van der Waals surface area contributed by atoms with Gasteiger partial charge in [-0.25, -0.2) is 0 Å². The number of ether oxygens (including phenoxy) is 1. The van der Waals surface area contributed by atoms with Gasteiger partial charge in [-0.3, -0.25) is 19.3 Å². The molecule has 6 nitrogen and oxygen atoms in total. The molecule has 2 heterocycles. The SMILES string of the molecule is CCCOC(=O)CN1C(=O)C(=C2C(=O)N(Cc3ccccc3)c3ccccc32)SC1=S. The second-order valence-corrected chi connectivity index (χ2v) is 8.72. The van der Waals surface area contributed by atoms with Crippen molar-refractivity contribution in [2.45, 2.75) is 19.9 Å². The first-order chi connectivity index (χ1) is 15.0. The number of hydrogen-bond acceptors (Lipinski definition) is 6. The van der Waals surface area contributed by atoms with E-state index in [9.17, 15) is 14.4 Å². The lowest BCUT2D eigenvalue weighted by atomic mass is 10.1. The van der Waals surface area contributed by atoms with Crippen molar-refractivity contribution in [1.29, 1.82) is 0 Å². The van der Waals surface area contributed by atoms with Crippen LogP contribution in [-0.4, -0.2) is 40.2 Å². The molecule has 0 radical (unpaired) electrons. The Hall–Kier alpha value is -2.97. The summed E-state index contributed by atoms with van der Waals surface area (Å²) in [7, 11) is 0. The van der Waals surface area contributed by atoms with Crippen LogP contribution in [0, 0.1) is 0 Å². The number of fused-ring (bicyclic) bond motifs is 1. The summed E-state index contributed by atoms with van der Waals surface area (Å²) in [5, 5.41) is 0. The summed E-state index contributed by atoms with van der Waals surface area (Å²) >= 11 is 6.39. The lowest BCUT2D eigenvalue weighted by molar-refractivity contribution is -0.146. The Labute approximate surface area is 189 Å². The molecule has 0 saturated carbocycles. The molecule has 8 heteroatoms. The Bertz CT molecular complexity index is 1100. The number of rotatable bonds is 6. The fraction of sp³-hybridized carbons (Fsp3) is 0.217. The summed E-state index contributed by atoms with van der Waals surface area (Å²) in [5.41, 5.74) is 2.75. The molecule has 2 aliphatic heterocycles. The van der Waals surface area contributed by atoms with Gasteiger partial charge in [0.2, 0.25) is 0 Å². The minimum Gasteiger partial charge on any atom is -0.464 e. The molecule has 0 bridgehead atoms. The van der Waals surface area contributed by atoms with Gasteiger partial charge in [-0.1, -0.05) is 79.4 Å². The van der Waals surface area contributed by atoms with Gasteiger partial charge in [-0.2, -0.15) is 0 Å². The summed E-state index contributed by atoms with van der Waals surface area (Å²) in [5.74, 6) is -1.21. The lowest BCUT2D eigenvalue weighted by Crippen LogP contribution is -2.34. The molecule has 0 N–H and O–H groups in total. The highest BCUT2D eigenvalue weighted by Gasteiger charge is 2.42. The topological polar surface area (TPSA) is 66.9 Å². The number of thioether (sulfide) groups is 1. The summed E-state index contributed by atoms with van der Waals surface area (Å²) < 4.78 is 5.32. The fourth-order valence-corrected chi connectivity index (χ4v) is 4.83. The maximum Gasteiger partial charge on any atom is 0.326 e. The van der Waals surface area contributed by atoms with Crippen LogP contribution in [0.2, 0.25) is 0 Å². The average molecular weight is 453 g/mol. The number of esters is 1. The van der Waals surface area contributed by atoms with E-state index in [2.05, 4.69) is 0 Å². The number of para-hydroxylation sites is 1. The van der Waals surface area contributed by atoms with Crippen molar-refractivity contribution in [3.8, 4) is 0 Å². The van der Waals surface area contributed by atoms with Gasteiger partial charge in [0.1, 0.15) is 10.9 Å². The normalized spacial score (nSPS) is 18.0. The van der Waals surface area contributed by atoms with Gasteiger partial charge in [-0.15, -0.1) is 0 Å². The molecular weight excluding hydrogens is 432 g/mol. The van der Waals surface area contributed by atoms with E-state index in [1.165, 1.54) is 4.90 Å². The van der Waals surface area contributed by atoms with Crippen molar-refractivity contribution in [2.24, 2.45) is 0 Å². The average Bonchev–Trinajstić information content (AvgIpc) is 3.20. The lowest BCUT2D eigenvalue weighted by Gasteiger charge is -2.17. The zero-order valence-electron chi connectivity index (χ0n) is 16.9. The number of nitrogens with zero attached hydrogens (tertiary/aromatic N) is 2. The monoisotopic (exact) mass is 452 g/mol. The van der Waals surface area contributed by atoms with Crippen molar-refractivity contribution >= 4 is 57.3 Å². The predicted molar refractivity (Wildman–Crippen MR) is 124 cm³/mol. The number of amides is 2. The third-order valence-electron chi connectivity index (χ3n) is 4.94. The maximum absolute atomic E-state index is 13.4. The van der Waals surface area contributed by atoms with Gasteiger partial charge < -0.3 is 9.64 Å². The van der Waals surface area contributed by atoms with Crippen LogP contribution < -0.4 is 4.90 Å². The third kappa shape index (κ3) is 4.13. The molecule has 0 aromatic heterocycles. The number of carbonyl (C=O) groups is 3. The molecule has 2 aromatic rings.